The molecule has 3 aliphatic rings. The Balaban J connectivity index is 0.961. The second-order valence-corrected chi connectivity index (χ2v) is 21.5. The van der Waals surface area contributed by atoms with E-state index in [4.69, 9.17) is 0 Å². The minimum Gasteiger partial charge on any atom is -0.310 e. The molecule has 0 aliphatic heterocycles. The van der Waals surface area contributed by atoms with Gasteiger partial charge in [-0.2, -0.15) is 0 Å². The summed E-state index contributed by atoms with van der Waals surface area (Å²) in [6.45, 7) is 5.04. The molecule has 0 radical (unpaired) electrons. The van der Waals surface area contributed by atoms with Gasteiger partial charge in [0.1, 0.15) is 0 Å². The molecule has 1 spiro atoms. The zero-order valence-electron chi connectivity index (χ0n) is 41.1. The largest absolute Gasteiger partial charge is 0.310 e. The van der Waals surface area contributed by atoms with Gasteiger partial charge in [0, 0.05) is 38.9 Å². The number of fused-ring (bicyclic) bond motifs is 6. The summed E-state index contributed by atoms with van der Waals surface area (Å²) in [5, 5.41) is 5.02. The van der Waals surface area contributed by atoms with Crippen LogP contribution in [-0.2, 0) is 10.8 Å². The maximum Gasteiger partial charge on any atom is 0.0708 e. The Morgan fingerprint density at radius 1 is 0.375 bits per heavy atom. The smallest absolute Gasteiger partial charge is 0.0708 e. The number of hydrogen-bond acceptors (Lipinski definition) is 1. The first-order valence-corrected chi connectivity index (χ1v) is 26.3. The molecule has 0 saturated heterocycles. The van der Waals surface area contributed by atoms with Gasteiger partial charge >= 0.3 is 0 Å². The zero-order chi connectivity index (χ0) is 48.0. The molecule has 2 bridgehead atoms. The average molecular weight is 927 g/mol. The molecule has 0 unspecified atom stereocenters. The minimum atomic E-state index is -0.553. The summed E-state index contributed by atoms with van der Waals surface area (Å²) in [5.41, 5.74) is 17.4. The summed E-state index contributed by atoms with van der Waals surface area (Å²) in [7, 11) is 0. The molecule has 3 aliphatic carbocycles. The third-order valence-electron chi connectivity index (χ3n) is 17.5. The topological polar surface area (TPSA) is 8.17 Å². The van der Waals surface area contributed by atoms with Crippen LogP contribution in [0.1, 0.15) is 72.9 Å². The number of para-hydroxylation sites is 2. The minimum absolute atomic E-state index is 0.0803. The van der Waals surface area contributed by atoms with E-state index in [1.165, 1.54) is 103 Å². The molecule has 1 heterocycles. The van der Waals surface area contributed by atoms with Gasteiger partial charge in [0.05, 0.1) is 16.4 Å². The molecule has 0 amide bonds. The van der Waals surface area contributed by atoms with Crippen LogP contribution in [0.2, 0.25) is 0 Å². The van der Waals surface area contributed by atoms with Crippen LogP contribution in [0.25, 0.3) is 49.4 Å². The Hall–Kier alpha value is -7.94. The third kappa shape index (κ3) is 6.41. The van der Waals surface area contributed by atoms with Gasteiger partial charge in [0.2, 0.25) is 0 Å². The lowest BCUT2D eigenvalue weighted by molar-refractivity contribution is 0.0238. The van der Waals surface area contributed by atoms with Crippen LogP contribution < -0.4 is 4.90 Å². The van der Waals surface area contributed by atoms with Crippen LogP contribution in [-0.4, -0.2) is 4.57 Å². The van der Waals surface area contributed by atoms with Crippen molar-refractivity contribution in [2.75, 3.05) is 4.90 Å². The predicted molar refractivity (Wildman–Crippen MR) is 301 cm³/mol. The lowest BCUT2D eigenvalue weighted by atomic mass is 9.41. The van der Waals surface area contributed by atoms with E-state index in [-0.39, 0.29) is 5.41 Å². The number of nitrogens with zero attached hydrogens (tertiary/aromatic N) is 2. The van der Waals surface area contributed by atoms with Gasteiger partial charge in [0.25, 0.3) is 0 Å². The number of rotatable bonds is 7. The molecule has 2 saturated carbocycles. The van der Waals surface area contributed by atoms with Crippen molar-refractivity contribution in [3.05, 3.63) is 276 Å². The molecule has 10 aromatic carbocycles. The summed E-state index contributed by atoms with van der Waals surface area (Å²) < 4.78 is 2.39. The van der Waals surface area contributed by atoms with Crippen molar-refractivity contribution < 1.29 is 0 Å². The maximum atomic E-state index is 2.63. The van der Waals surface area contributed by atoms with Crippen molar-refractivity contribution in [3.8, 4) is 16.8 Å². The average Bonchev–Trinajstić information content (AvgIpc) is 3.77. The molecule has 11 aromatic rings. The van der Waals surface area contributed by atoms with Crippen LogP contribution in [0.5, 0.6) is 0 Å². The van der Waals surface area contributed by atoms with Gasteiger partial charge < -0.3 is 9.47 Å². The number of anilines is 3. The van der Waals surface area contributed by atoms with Crippen LogP contribution >= 0.6 is 0 Å². The summed E-state index contributed by atoms with van der Waals surface area (Å²) in [5.74, 6) is 2.55. The fraction of sp³-hybridized carbons (Fsp3) is 0.171. The van der Waals surface area contributed by atoms with Crippen molar-refractivity contribution in [1.29, 1.82) is 0 Å². The Morgan fingerprint density at radius 3 is 1.44 bits per heavy atom. The van der Waals surface area contributed by atoms with E-state index >= 15 is 0 Å². The zero-order valence-corrected chi connectivity index (χ0v) is 41.1. The van der Waals surface area contributed by atoms with Crippen molar-refractivity contribution >= 4 is 49.6 Å². The standard InChI is InChI=1S/C70H58N2/c1-47-41-55-43-48(2)44-56(42-47)70(55)64-26-14-13-25-63(64)69(53-19-5-3-6-20-53,54-21-7-4-8-22-54)66-46-60(39-40-65(66)70)71(59-38-33-49-17-9-10-18-52(49)45-59)57-34-29-50(30-35-57)51-31-36-58(37-32-51)72-67-27-15-11-23-61(67)62-24-12-16-28-68(62)72/h3-40,45-48,55-56H,41-44H2,1-2H3/t47-,48+,55+,56-,70?. The van der Waals surface area contributed by atoms with Crippen molar-refractivity contribution in [1.82, 2.24) is 4.57 Å². The monoisotopic (exact) mass is 926 g/mol. The molecule has 14 rings (SSSR count). The van der Waals surface area contributed by atoms with Crippen LogP contribution in [0.3, 0.4) is 0 Å². The molecule has 72 heavy (non-hydrogen) atoms. The van der Waals surface area contributed by atoms with Gasteiger partial charge in [-0.05, 0) is 165 Å². The van der Waals surface area contributed by atoms with Gasteiger partial charge in [-0.15, -0.1) is 0 Å². The fourth-order valence-corrected chi connectivity index (χ4v) is 14.8. The molecule has 2 fully saturated rings. The van der Waals surface area contributed by atoms with Gasteiger partial charge in [0.15, 0.2) is 0 Å². The van der Waals surface area contributed by atoms with Crippen LogP contribution in [0, 0.1) is 23.7 Å². The molecule has 348 valence electrons. The van der Waals surface area contributed by atoms with Gasteiger partial charge in [-0.1, -0.05) is 196 Å². The van der Waals surface area contributed by atoms with E-state index < -0.39 is 5.41 Å². The second-order valence-electron chi connectivity index (χ2n) is 21.5. The third-order valence-corrected chi connectivity index (χ3v) is 17.5. The van der Waals surface area contributed by atoms with Crippen molar-refractivity contribution in [3.63, 3.8) is 0 Å². The lowest BCUT2D eigenvalue weighted by Gasteiger charge is -2.62. The quantitative estimate of drug-likeness (QED) is 0.155. The SMILES string of the molecule is C[C@H]1C[C@@H]2C[C@@H](C)C[C@H](C1)C21c2ccccc2C(c2ccccc2)(c2ccccc2)c2cc(N(c3ccc(-c4ccc(-n5c6ccccc6c6ccccc65)cc4)cc3)c3ccc4ccccc4c3)ccc21. The predicted octanol–water partition coefficient (Wildman–Crippen LogP) is 18.1. The number of hydrogen-bond donors (Lipinski definition) is 0. The molecule has 2 heteroatoms. The molecule has 1 aromatic heterocycles. The summed E-state index contributed by atoms with van der Waals surface area (Å²) in [6.07, 6.45) is 5.05. The van der Waals surface area contributed by atoms with E-state index in [2.05, 4.69) is 266 Å². The maximum absolute atomic E-state index is 2.63. The highest BCUT2D eigenvalue weighted by Gasteiger charge is 2.61. The highest BCUT2D eigenvalue weighted by molar-refractivity contribution is 6.09. The first-order chi connectivity index (χ1) is 35.5. The van der Waals surface area contributed by atoms with E-state index in [1.807, 2.05) is 0 Å². The second kappa shape index (κ2) is 16.8. The van der Waals surface area contributed by atoms with E-state index in [9.17, 15) is 0 Å². The van der Waals surface area contributed by atoms with Crippen molar-refractivity contribution in [2.24, 2.45) is 23.7 Å². The van der Waals surface area contributed by atoms with Crippen molar-refractivity contribution in [2.45, 2.75) is 50.4 Å². The van der Waals surface area contributed by atoms with Gasteiger partial charge in [-0.25, -0.2) is 0 Å². The van der Waals surface area contributed by atoms with Crippen LogP contribution in [0.4, 0.5) is 17.1 Å². The fourth-order valence-electron chi connectivity index (χ4n) is 14.8. The van der Waals surface area contributed by atoms with E-state index in [0.717, 1.165) is 17.1 Å². The van der Waals surface area contributed by atoms with Gasteiger partial charge in [-0.3, -0.25) is 0 Å². The molecule has 0 atom stereocenters. The molecule has 0 N–H and O–H groups in total. The Morgan fingerprint density at radius 2 is 0.833 bits per heavy atom. The molecular formula is C70H58N2. The Labute approximate surface area is 423 Å². The molecular weight excluding hydrogens is 869 g/mol. The first kappa shape index (κ1) is 42.9. The summed E-state index contributed by atoms with van der Waals surface area (Å²) in [6, 6.07) is 91.9. The normalized spacial score (nSPS) is 20.9. The number of aromatic nitrogens is 1. The number of benzene rings is 10. The molecule has 2 nitrogen and oxygen atoms in total. The van der Waals surface area contributed by atoms with E-state index in [0.29, 0.717) is 23.7 Å². The highest BCUT2D eigenvalue weighted by atomic mass is 15.1. The first-order valence-electron chi connectivity index (χ1n) is 26.3. The summed E-state index contributed by atoms with van der Waals surface area (Å²) in [4.78, 5) is 2.52. The Kier molecular flexibility index (Phi) is 10.0. The Bertz CT molecular complexity index is 3690. The van der Waals surface area contributed by atoms with Crippen LogP contribution in [0.15, 0.2) is 243 Å². The summed E-state index contributed by atoms with van der Waals surface area (Å²) >= 11 is 0. The highest BCUT2D eigenvalue weighted by Crippen LogP contribution is 2.67. The van der Waals surface area contributed by atoms with E-state index in [1.54, 1.807) is 5.56 Å². The lowest BCUT2D eigenvalue weighted by Crippen LogP contribution is -2.56.